The van der Waals surface area contributed by atoms with E-state index in [-0.39, 0.29) is 4.90 Å². The maximum Gasteiger partial charge on any atom is 0.273 e. The van der Waals surface area contributed by atoms with Crippen LogP contribution in [0.5, 0.6) is 11.5 Å². The zero-order valence-electron chi connectivity index (χ0n) is 16.9. The molecule has 3 aromatic carbocycles. The highest BCUT2D eigenvalue weighted by Crippen LogP contribution is 2.36. The molecular formula is C22H21N3O5S. The summed E-state index contributed by atoms with van der Waals surface area (Å²) in [7, 11) is -0.975. The van der Waals surface area contributed by atoms with E-state index >= 15 is 0 Å². The summed E-state index contributed by atoms with van der Waals surface area (Å²) in [6.45, 7) is 0. The Morgan fingerprint density at radius 2 is 1.58 bits per heavy atom. The molecule has 0 aromatic heterocycles. The molecule has 0 saturated heterocycles. The number of para-hydroxylation sites is 1. The predicted molar refractivity (Wildman–Crippen MR) is 115 cm³/mol. The Balaban J connectivity index is 1.79. The van der Waals surface area contributed by atoms with Crippen LogP contribution in [0.3, 0.4) is 0 Å². The lowest BCUT2D eigenvalue weighted by atomic mass is 10.0. The summed E-state index contributed by atoms with van der Waals surface area (Å²) in [5, 5.41) is 4.31. The van der Waals surface area contributed by atoms with Gasteiger partial charge in [0, 0.05) is 5.69 Å². The van der Waals surface area contributed by atoms with Crippen LogP contribution in [0, 0.1) is 0 Å². The Hall–Kier alpha value is -3.56. The fourth-order valence-corrected chi connectivity index (χ4v) is 4.45. The highest BCUT2D eigenvalue weighted by Gasteiger charge is 2.36. The number of sulfonamides is 1. The van der Waals surface area contributed by atoms with Gasteiger partial charge >= 0.3 is 0 Å². The van der Waals surface area contributed by atoms with Crippen molar-refractivity contribution in [3.63, 3.8) is 0 Å². The Morgan fingerprint density at radius 1 is 0.903 bits per heavy atom. The maximum absolute atomic E-state index is 13.3. The number of hydrazine groups is 1. The zero-order chi connectivity index (χ0) is 22.0. The summed E-state index contributed by atoms with van der Waals surface area (Å²) in [5.41, 5.74) is 1.56. The van der Waals surface area contributed by atoms with Crippen LogP contribution in [0.25, 0.3) is 0 Å². The minimum atomic E-state index is -4.01. The maximum atomic E-state index is 13.3. The Labute approximate surface area is 180 Å². The quantitative estimate of drug-likeness (QED) is 0.612. The Morgan fingerprint density at radius 3 is 2.29 bits per heavy atom. The third-order valence-electron chi connectivity index (χ3n) is 4.92. The summed E-state index contributed by atoms with van der Waals surface area (Å²) < 4.78 is 36.6. The number of hydrogen-bond acceptors (Lipinski definition) is 6. The molecule has 0 bridgehead atoms. The molecule has 160 valence electrons. The van der Waals surface area contributed by atoms with Gasteiger partial charge in [0.1, 0.15) is 6.17 Å². The predicted octanol–water partition coefficient (Wildman–Crippen LogP) is 3.16. The molecule has 1 amide bonds. The Bertz CT molecular complexity index is 1210. The minimum Gasteiger partial charge on any atom is -0.493 e. The molecular weight excluding hydrogens is 418 g/mol. The molecule has 0 saturated carbocycles. The van der Waals surface area contributed by atoms with Crippen molar-refractivity contribution in [3.05, 3.63) is 83.9 Å². The fraction of sp³-hybridized carbons (Fsp3) is 0.136. The van der Waals surface area contributed by atoms with Crippen molar-refractivity contribution in [2.45, 2.75) is 11.1 Å². The summed E-state index contributed by atoms with van der Waals surface area (Å²) in [6, 6.07) is 19.9. The van der Waals surface area contributed by atoms with E-state index < -0.39 is 22.1 Å². The lowest BCUT2D eigenvalue weighted by Crippen LogP contribution is -2.52. The summed E-state index contributed by atoms with van der Waals surface area (Å²) in [5.74, 6) is 0.498. The second kappa shape index (κ2) is 8.29. The molecule has 0 fully saturated rings. The summed E-state index contributed by atoms with van der Waals surface area (Å²) >= 11 is 0. The van der Waals surface area contributed by atoms with Crippen LogP contribution >= 0.6 is 0 Å². The smallest absolute Gasteiger partial charge is 0.273 e. The van der Waals surface area contributed by atoms with Crippen molar-refractivity contribution in [1.82, 2.24) is 9.84 Å². The van der Waals surface area contributed by atoms with E-state index in [4.69, 9.17) is 9.47 Å². The van der Waals surface area contributed by atoms with E-state index in [0.717, 1.165) is 5.01 Å². The first-order chi connectivity index (χ1) is 14.9. The highest BCUT2D eigenvalue weighted by molar-refractivity contribution is 7.89. The zero-order valence-corrected chi connectivity index (χ0v) is 17.7. The van der Waals surface area contributed by atoms with Crippen molar-refractivity contribution >= 4 is 21.6 Å². The average Bonchev–Trinajstić information content (AvgIpc) is 2.81. The third kappa shape index (κ3) is 3.92. The van der Waals surface area contributed by atoms with E-state index in [1.54, 1.807) is 60.7 Å². The van der Waals surface area contributed by atoms with E-state index in [2.05, 4.69) is 10.1 Å². The molecule has 0 aliphatic carbocycles. The van der Waals surface area contributed by atoms with Crippen LogP contribution in [0.4, 0.5) is 5.69 Å². The lowest BCUT2D eigenvalue weighted by molar-refractivity contribution is 0.0632. The second-order valence-corrected chi connectivity index (χ2v) is 8.45. The van der Waals surface area contributed by atoms with Gasteiger partial charge in [-0.15, -0.1) is 4.83 Å². The van der Waals surface area contributed by atoms with Crippen LogP contribution in [0.1, 0.15) is 22.1 Å². The molecule has 2 N–H and O–H groups in total. The number of carbonyl (C=O) groups is 1. The fourth-order valence-electron chi connectivity index (χ4n) is 3.39. The molecule has 3 aromatic rings. The standard InChI is InChI=1S/C22H21N3O5S/c1-29-19-13-12-15(14-20(19)30-2)21-23-18-11-7-6-10-17(18)22(26)25(21)24-31(27,28)16-8-4-3-5-9-16/h3-14,21,23-24H,1-2H3. The first kappa shape index (κ1) is 20.7. The topological polar surface area (TPSA) is 97.0 Å². The van der Waals surface area contributed by atoms with Gasteiger partial charge in [0.25, 0.3) is 15.9 Å². The van der Waals surface area contributed by atoms with Gasteiger partial charge in [0.2, 0.25) is 0 Å². The van der Waals surface area contributed by atoms with Gasteiger partial charge < -0.3 is 14.8 Å². The van der Waals surface area contributed by atoms with Crippen molar-refractivity contribution in [1.29, 1.82) is 0 Å². The van der Waals surface area contributed by atoms with Gasteiger partial charge in [0.15, 0.2) is 11.5 Å². The van der Waals surface area contributed by atoms with Gasteiger partial charge in [-0.05, 0) is 42.0 Å². The first-order valence-electron chi connectivity index (χ1n) is 9.43. The molecule has 31 heavy (non-hydrogen) atoms. The van der Waals surface area contributed by atoms with Crippen LogP contribution in [0.15, 0.2) is 77.7 Å². The van der Waals surface area contributed by atoms with Crippen LogP contribution in [-0.2, 0) is 10.0 Å². The van der Waals surface area contributed by atoms with Gasteiger partial charge in [-0.2, -0.15) is 0 Å². The number of rotatable bonds is 6. The van der Waals surface area contributed by atoms with Crippen LogP contribution in [-0.4, -0.2) is 33.6 Å². The molecule has 0 spiro atoms. The van der Waals surface area contributed by atoms with E-state index in [9.17, 15) is 13.2 Å². The number of fused-ring (bicyclic) bond motifs is 1. The highest BCUT2D eigenvalue weighted by atomic mass is 32.2. The normalized spacial score (nSPS) is 15.7. The number of methoxy groups -OCH3 is 2. The molecule has 1 atom stereocenters. The largest absolute Gasteiger partial charge is 0.493 e. The van der Waals surface area contributed by atoms with Gasteiger partial charge in [-0.1, -0.05) is 36.4 Å². The third-order valence-corrected chi connectivity index (χ3v) is 6.25. The van der Waals surface area contributed by atoms with Crippen molar-refractivity contribution in [3.8, 4) is 11.5 Å². The number of amides is 1. The number of carbonyl (C=O) groups excluding carboxylic acids is 1. The molecule has 9 heteroatoms. The molecule has 8 nitrogen and oxygen atoms in total. The van der Waals surface area contributed by atoms with Crippen LogP contribution in [0.2, 0.25) is 0 Å². The molecule has 1 aliphatic rings. The molecule has 1 aliphatic heterocycles. The monoisotopic (exact) mass is 439 g/mol. The molecule has 0 radical (unpaired) electrons. The summed E-state index contributed by atoms with van der Waals surface area (Å²) in [6.07, 6.45) is -0.819. The number of benzene rings is 3. The molecule has 1 heterocycles. The lowest BCUT2D eigenvalue weighted by Gasteiger charge is -2.37. The molecule has 4 rings (SSSR count). The number of nitrogens with zero attached hydrogens (tertiary/aromatic N) is 1. The average molecular weight is 439 g/mol. The number of hydrogen-bond donors (Lipinski definition) is 2. The Kier molecular flexibility index (Phi) is 5.53. The second-order valence-electron chi connectivity index (χ2n) is 6.79. The van der Waals surface area contributed by atoms with Crippen molar-refractivity contribution in [2.24, 2.45) is 0 Å². The van der Waals surface area contributed by atoms with Crippen molar-refractivity contribution < 1.29 is 22.7 Å². The summed E-state index contributed by atoms with van der Waals surface area (Å²) in [4.78, 5) is 15.8. The molecule has 1 unspecified atom stereocenters. The number of ether oxygens (including phenoxy) is 2. The number of nitrogens with one attached hydrogen (secondary N) is 2. The minimum absolute atomic E-state index is 0.0488. The van der Waals surface area contributed by atoms with E-state index in [0.29, 0.717) is 28.3 Å². The van der Waals surface area contributed by atoms with Gasteiger partial charge in [-0.25, -0.2) is 13.4 Å². The van der Waals surface area contributed by atoms with Crippen LogP contribution < -0.4 is 19.6 Å². The SMILES string of the molecule is COc1ccc(C2Nc3ccccc3C(=O)N2NS(=O)(=O)c2ccccc2)cc1OC. The van der Waals surface area contributed by atoms with Crippen molar-refractivity contribution in [2.75, 3.05) is 19.5 Å². The first-order valence-corrected chi connectivity index (χ1v) is 10.9. The van der Waals surface area contributed by atoms with E-state index in [1.165, 1.54) is 26.4 Å². The van der Waals surface area contributed by atoms with E-state index in [1.807, 2.05) is 0 Å². The number of anilines is 1. The van der Waals surface area contributed by atoms with Gasteiger partial charge in [0.05, 0.1) is 24.7 Å². The van der Waals surface area contributed by atoms with Gasteiger partial charge in [-0.3, -0.25) is 4.79 Å².